The Balaban J connectivity index is 1.86. The van der Waals surface area contributed by atoms with E-state index in [0.29, 0.717) is 17.9 Å². The quantitative estimate of drug-likeness (QED) is 0.922. The SMILES string of the molecule is CC(C)CC1NC(c2ccc(Cl)cc2)N(C2CC2C)C1=O. The van der Waals surface area contributed by atoms with Crippen LogP contribution in [0, 0.1) is 11.8 Å². The van der Waals surface area contributed by atoms with Gasteiger partial charge in [0.05, 0.1) is 6.04 Å². The minimum atomic E-state index is -0.0570. The normalized spacial score (nSPS) is 32.0. The Labute approximate surface area is 131 Å². The van der Waals surface area contributed by atoms with Crippen LogP contribution >= 0.6 is 11.6 Å². The third-order valence-corrected chi connectivity index (χ3v) is 4.76. The highest BCUT2D eigenvalue weighted by Gasteiger charge is 2.50. The molecule has 2 fully saturated rings. The third kappa shape index (κ3) is 2.95. The molecule has 2 aliphatic rings. The fourth-order valence-corrected chi connectivity index (χ4v) is 3.36. The van der Waals surface area contributed by atoms with Crippen LogP contribution in [0.15, 0.2) is 24.3 Å². The summed E-state index contributed by atoms with van der Waals surface area (Å²) in [6, 6.07) is 8.16. The molecular weight excluding hydrogens is 284 g/mol. The van der Waals surface area contributed by atoms with Gasteiger partial charge in [0, 0.05) is 11.1 Å². The molecule has 0 radical (unpaired) electrons. The van der Waals surface area contributed by atoms with E-state index in [1.165, 1.54) is 0 Å². The summed E-state index contributed by atoms with van der Waals surface area (Å²) in [5.41, 5.74) is 1.12. The Kier molecular flexibility index (Phi) is 3.98. The molecular formula is C17H23ClN2O. The van der Waals surface area contributed by atoms with E-state index in [2.05, 4.69) is 31.0 Å². The molecule has 4 heteroatoms. The Morgan fingerprint density at radius 2 is 1.95 bits per heavy atom. The molecule has 1 aromatic rings. The molecule has 1 amide bonds. The maximum atomic E-state index is 12.8. The Morgan fingerprint density at radius 1 is 1.33 bits per heavy atom. The van der Waals surface area contributed by atoms with Crippen LogP contribution in [0.4, 0.5) is 0 Å². The van der Waals surface area contributed by atoms with Gasteiger partial charge in [0.15, 0.2) is 0 Å². The van der Waals surface area contributed by atoms with Crippen molar-refractivity contribution in [2.45, 2.75) is 51.9 Å². The smallest absolute Gasteiger partial charge is 0.241 e. The zero-order chi connectivity index (χ0) is 15.1. The number of amides is 1. The Hall–Kier alpha value is -1.06. The molecule has 1 aliphatic heterocycles. The van der Waals surface area contributed by atoms with Gasteiger partial charge in [-0.05, 0) is 42.4 Å². The van der Waals surface area contributed by atoms with Gasteiger partial charge in [-0.15, -0.1) is 0 Å². The van der Waals surface area contributed by atoms with E-state index in [0.717, 1.165) is 23.4 Å². The molecule has 0 spiro atoms. The van der Waals surface area contributed by atoms with Gasteiger partial charge in [-0.3, -0.25) is 10.1 Å². The van der Waals surface area contributed by atoms with Crippen LogP contribution < -0.4 is 5.32 Å². The Morgan fingerprint density at radius 3 is 2.48 bits per heavy atom. The number of benzene rings is 1. The van der Waals surface area contributed by atoms with Gasteiger partial charge in [-0.2, -0.15) is 0 Å². The standard InChI is InChI=1S/C17H23ClN2O/c1-10(2)8-14-17(21)20(15-9-11(15)3)16(19-14)12-4-6-13(18)7-5-12/h4-7,10-11,14-16,19H,8-9H2,1-3H3. The number of hydrogen-bond acceptors (Lipinski definition) is 2. The summed E-state index contributed by atoms with van der Waals surface area (Å²) in [5, 5.41) is 4.26. The van der Waals surface area contributed by atoms with E-state index in [-0.39, 0.29) is 18.1 Å². The van der Waals surface area contributed by atoms with E-state index >= 15 is 0 Å². The zero-order valence-electron chi connectivity index (χ0n) is 12.8. The number of carbonyl (C=O) groups excluding carboxylic acids is 1. The highest BCUT2D eigenvalue weighted by Crippen LogP contribution is 2.42. The summed E-state index contributed by atoms with van der Waals surface area (Å²) in [5.74, 6) is 1.38. The zero-order valence-corrected chi connectivity index (χ0v) is 13.6. The lowest BCUT2D eigenvalue weighted by Crippen LogP contribution is -2.34. The average Bonchev–Trinajstić information content (AvgIpc) is 3.05. The number of rotatable bonds is 4. The topological polar surface area (TPSA) is 32.3 Å². The molecule has 0 aromatic heterocycles. The van der Waals surface area contributed by atoms with Crippen LogP contribution in [0.3, 0.4) is 0 Å². The van der Waals surface area contributed by atoms with Crippen molar-refractivity contribution in [2.75, 3.05) is 0 Å². The van der Waals surface area contributed by atoms with Gasteiger partial charge < -0.3 is 4.90 Å². The van der Waals surface area contributed by atoms with Gasteiger partial charge in [0.25, 0.3) is 0 Å². The van der Waals surface area contributed by atoms with Crippen molar-refractivity contribution in [2.24, 2.45) is 11.8 Å². The minimum Gasteiger partial charge on any atom is -0.318 e. The second kappa shape index (κ2) is 5.62. The molecule has 1 saturated carbocycles. The molecule has 3 rings (SSSR count). The fourth-order valence-electron chi connectivity index (χ4n) is 3.24. The maximum absolute atomic E-state index is 12.8. The van der Waals surface area contributed by atoms with Crippen molar-refractivity contribution < 1.29 is 4.79 Å². The van der Waals surface area contributed by atoms with Crippen molar-refractivity contribution in [3.63, 3.8) is 0 Å². The van der Waals surface area contributed by atoms with Crippen LogP contribution in [0.2, 0.25) is 5.02 Å². The molecule has 3 nitrogen and oxygen atoms in total. The van der Waals surface area contributed by atoms with Crippen molar-refractivity contribution >= 4 is 17.5 Å². The van der Waals surface area contributed by atoms with Crippen LogP contribution in [-0.2, 0) is 4.79 Å². The van der Waals surface area contributed by atoms with Crippen LogP contribution in [0.25, 0.3) is 0 Å². The van der Waals surface area contributed by atoms with Crippen LogP contribution in [0.1, 0.15) is 45.3 Å². The monoisotopic (exact) mass is 306 g/mol. The van der Waals surface area contributed by atoms with Gasteiger partial charge in [0.1, 0.15) is 6.17 Å². The molecule has 1 aromatic carbocycles. The predicted molar refractivity (Wildman–Crippen MR) is 85.0 cm³/mol. The molecule has 114 valence electrons. The summed E-state index contributed by atoms with van der Waals surface area (Å²) in [6.45, 7) is 6.54. The van der Waals surface area contributed by atoms with Crippen molar-refractivity contribution in [3.05, 3.63) is 34.9 Å². The number of nitrogens with zero attached hydrogens (tertiary/aromatic N) is 1. The first-order chi connectivity index (χ1) is 9.97. The van der Waals surface area contributed by atoms with E-state index in [1.807, 2.05) is 24.3 Å². The van der Waals surface area contributed by atoms with Gasteiger partial charge >= 0.3 is 0 Å². The lowest BCUT2D eigenvalue weighted by Gasteiger charge is -2.25. The third-order valence-electron chi connectivity index (χ3n) is 4.51. The van der Waals surface area contributed by atoms with Gasteiger partial charge in [0.2, 0.25) is 5.91 Å². The van der Waals surface area contributed by atoms with Gasteiger partial charge in [-0.1, -0.05) is 44.5 Å². The van der Waals surface area contributed by atoms with E-state index in [4.69, 9.17) is 11.6 Å². The molecule has 1 heterocycles. The molecule has 1 saturated heterocycles. The summed E-state index contributed by atoms with van der Waals surface area (Å²) < 4.78 is 0. The second-order valence-corrected chi connectivity index (χ2v) is 7.27. The van der Waals surface area contributed by atoms with E-state index in [9.17, 15) is 4.79 Å². The van der Waals surface area contributed by atoms with E-state index < -0.39 is 0 Å². The molecule has 0 bridgehead atoms. The lowest BCUT2D eigenvalue weighted by molar-refractivity contribution is -0.131. The van der Waals surface area contributed by atoms with Crippen LogP contribution in [-0.4, -0.2) is 22.9 Å². The summed E-state index contributed by atoms with van der Waals surface area (Å²) in [7, 11) is 0. The first-order valence-electron chi connectivity index (χ1n) is 7.81. The fraction of sp³-hybridized carbons (Fsp3) is 0.588. The summed E-state index contributed by atoms with van der Waals surface area (Å²) in [4.78, 5) is 14.8. The molecule has 4 unspecified atom stereocenters. The van der Waals surface area contributed by atoms with Crippen molar-refractivity contribution in [1.29, 1.82) is 0 Å². The maximum Gasteiger partial charge on any atom is 0.241 e. The molecule has 21 heavy (non-hydrogen) atoms. The van der Waals surface area contributed by atoms with Gasteiger partial charge in [-0.25, -0.2) is 0 Å². The minimum absolute atomic E-state index is 0.00605. The number of nitrogens with one attached hydrogen (secondary N) is 1. The molecule has 1 N–H and O–H groups in total. The highest BCUT2D eigenvalue weighted by molar-refractivity contribution is 6.30. The van der Waals surface area contributed by atoms with Crippen LogP contribution in [0.5, 0.6) is 0 Å². The van der Waals surface area contributed by atoms with Crippen molar-refractivity contribution in [3.8, 4) is 0 Å². The predicted octanol–water partition coefficient (Wildman–Crippen LogP) is 3.59. The first-order valence-corrected chi connectivity index (χ1v) is 8.19. The second-order valence-electron chi connectivity index (χ2n) is 6.83. The summed E-state index contributed by atoms with van der Waals surface area (Å²) >= 11 is 5.98. The number of halogens is 1. The summed E-state index contributed by atoms with van der Waals surface area (Å²) in [6.07, 6.45) is 2.00. The number of carbonyl (C=O) groups is 1. The van der Waals surface area contributed by atoms with Crippen molar-refractivity contribution in [1.82, 2.24) is 10.2 Å². The Bertz CT molecular complexity index is 528. The van der Waals surface area contributed by atoms with E-state index in [1.54, 1.807) is 0 Å². The average molecular weight is 307 g/mol. The molecule has 4 atom stereocenters. The highest BCUT2D eigenvalue weighted by atomic mass is 35.5. The lowest BCUT2D eigenvalue weighted by atomic mass is 10.0. The largest absolute Gasteiger partial charge is 0.318 e. The number of hydrogen-bond donors (Lipinski definition) is 1. The first kappa shape index (κ1) is 14.9. The molecule has 1 aliphatic carbocycles.